The molecule has 8 nitrogen and oxygen atoms in total. The largest absolute Gasteiger partial charge is 0.379 e. The predicted molar refractivity (Wildman–Crippen MR) is 124 cm³/mol. The van der Waals surface area contributed by atoms with Gasteiger partial charge in [-0.3, -0.25) is 9.89 Å². The van der Waals surface area contributed by atoms with E-state index in [1.165, 1.54) is 5.56 Å². The Kier molecular flexibility index (Phi) is 8.43. The standard InChI is InChI=1S/C23H37N7O/c1-5-21-28-26-18-29(21)12-11-24-22(27-19(2)20-9-7-6-8-10-20)25-17-23(3,4)30-13-15-31-16-14-30/h6-10,18-19H,5,11-17H2,1-4H3,(H2,24,25,27). The van der Waals surface area contributed by atoms with E-state index in [0.29, 0.717) is 6.54 Å². The zero-order valence-electron chi connectivity index (χ0n) is 19.3. The van der Waals surface area contributed by atoms with Gasteiger partial charge in [0.05, 0.1) is 25.8 Å². The zero-order valence-corrected chi connectivity index (χ0v) is 19.3. The molecule has 31 heavy (non-hydrogen) atoms. The molecule has 1 aliphatic heterocycles. The SMILES string of the molecule is CCc1nncn1CCNC(=NCC(C)(C)N1CCOCC1)NC(C)c1ccccc1. The minimum absolute atomic E-state index is 0.0297. The summed E-state index contributed by atoms with van der Waals surface area (Å²) < 4.78 is 7.60. The van der Waals surface area contributed by atoms with Gasteiger partial charge in [-0.2, -0.15) is 0 Å². The molecule has 0 saturated carbocycles. The molecule has 0 spiro atoms. The van der Waals surface area contributed by atoms with Crippen molar-refractivity contribution in [3.05, 3.63) is 48.0 Å². The van der Waals surface area contributed by atoms with Gasteiger partial charge in [-0.1, -0.05) is 37.3 Å². The van der Waals surface area contributed by atoms with E-state index < -0.39 is 0 Å². The smallest absolute Gasteiger partial charge is 0.191 e. The van der Waals surface area contributed by atoms with E-state index in [9.17, 15) is 0 Å². The van der Waals surface area contributed by atoms with Crippen LogP contribution in [0.3, 0.4) is 0 Å². The fourth-order valence-electron chi connectivity index (χ4n) is 3.76. The molecule has 2 aromatic rings. The fraction of sp³-hybridized carbons (Fsp3) is 0.609. The number of hydrogen-bond donors (Lipinski definition) is 2. The summed E-state index contributed by atoms with van der Waals surface area (Å²) in [5, 5.41) is 15.3. The number of nitrogens with one attached hydrogen (secondary N) is 2. The van der Waals surface area contributed by atoms with E-state index in [4.69, 9.17) is 9.73 Å². The number of aliphatic imine (C=N–C) groups is 1. The molecule has 0 radical (unpaired) electrons. The van der Waals surface area contributed by atoms with Crippen LogP contribution >= 0.6 is 0 Å². The molecule has 1 aromatic carbocycles. The van der Waals surface area contributed by atoms with Crippen molar-refractivity contribution in [1.29, 1.82) is 0 Å². The van der Waals surface area contributed by atoms with E-state index in [0.717, 1.165) is 57.6 Å². The van der Waals surface area contributed by atoms with Crippen LogP contribution in [0.1, 0.15) is 45.1 Å². The van der Waals surface area contributed by atoms with Crippen molar-refractivity contribution in [1.82, 2.24) is 30.3 Å². The first-order valence-electron chi connectivity index (χ1n) is 11.3. The average Bonchev–Trinajstić information content (AvgIpc) is 3.26. The molecule has 1 aromatic heterocycles. The Morgan fingerprint density at radius 3 is 2.68 bits per heavy atom. The van der Waals surface area contributed by atoms with E-state index in [1.807, 2.05) is 6.07 Å². The number of morpholine rings is 1. The third-order valence-electron chi connectivity index (χ3n) is 5.80. The number of aryl methyl sites for hydroxylation is 1. The lowest BCUT2D eigenvalue weighted by Gasteiger charge is -2.40. The third kappa shape index (κ3) is 6.77. The minimum Gasteiger partial charge on any atom is -0.379 e. The van der Waals surface area contributed by atoms with Crippen molar-refractivity contribution in [2.75, 3.05) is 39.4 Å². The van der Waals surface area contributed by atoms with Gasteiger partial charge >= 0.3 is 0 Å². The van der Waals surface area contributed by atoms with Gasteiger partial charge in [0, 0.05) is 38.1 Å². The summed E-state index contributed by atoms with van der Waals surface area (Å²) in [7, 11) is 0. The van der Waals surface area contributed by atoms with Gasteiger partial charge in [-0.15, -0.1) is 10.2 Å². The molecule has 1 fully saturated rings. The van der Waals surface area contributed by atoms with Gasteiger partial charge in [0.2, 0.25) is 0 Å². The van der Waals surface area contributed by atoms with Gasteiger partial charge in [0.15, 0.2) is 5.96 Å². The van der Waals surface area contributed by atoms with Crippen molar-refractivity contribution in [3.8, 4) is 0 Å². The highest BCUT2D eigenvalue weighted by molar-refractivity contribution is 5.80. The molecule has 3 rings (SSSR count). The Balaban J connectivity index is 1.65. The quantitative estimate of drug-likeness (QED) is 0.472. The maximum absolute atomic E-state index is 5.51. The lowest BCUT2D eigenvalue weighted by Crippen LogP contribution is -2.52. The Hall–Kier alpha value is -2.45. The summed E-state index contributed by atoms with van der Waals surface area (Å²) in [4.78, 5) is 7.43. The molecule has 0 aliphatic carbocycles. The number of ether oxygens (including phenoxy) is 1. The summed E-state index contributed by atoms with van der Waals surface area (Å²) in [5.41, 5.74) is 1.20. The van der Waals surface area contributed by atoms with Crippen LogP contribution < -0.4 is 10.6 Å². The lowest BCUT2D eigenvalue weighted by atomic mass is 10.0. The lowest BCUT2D eigenvalue weighted by molar-refractivity contribution is -0.00684. The summed E-state index contributed by atoms with van der Waals surface area (Å²) >= 11 is 0. The highest BCUT2D eigenvalue weighted by Crippen LogP contribution is 2.17. The van der Waals surface area contributed by atoms with Crippen LogP contribution in [0.4, 0.5) is 0 Å². The monoisotopic (exact) mass is 427 g/mol. The van der Waals surface area contributed by atoms with Crippen LogP contribution in [0.2, 0.25) is 0 Å². The van der Waals surface area contributed by atoms with E-state index in [-0.39, 0.29) is 11.6 Å². The first kappa shape index (κ1) is 23.2. The summed E-state index contributed by atoms with van der Waals surface area (Å²) in [6.07, 6.45) is 2.66. The number of aromatic nitrogens is 3. The second-order valence-corrected chi connectivity index (χ2v) is 8.57. The Labute approximate surface area is 186 Å². The number of guanidine groups is 1. The maximum atomic E-state index is 5.51. The molecule has 2 N–H and O–H groups in total. The minimum atomic E-state index is -0.0297. The number of rotatable bonds is 9. The normalized spacial score (nSPS) is 16.8. The molecule has 2 heterocycles. The Morgan fingerprint density at radius 1 is 1.23 bits per heavy atom. The molecule has 1 unspecified atom stereocenters. The molecule has 1 saturated heterocycles. The van der Waals surface area contributed by atoms with Crippen LogP contribution in [0.15, 0.2) is 41.7 Å². The highest BCUT2D eigenvalue weighted by Gasteiger charge is 2.28. The third-order valence-corrected chi connectivity index (χ3v) is 5.80. The van der Waals surface area contributed by atoms with E-state index in [1.54, 1.807) is 6.33 Å². The molecule has 8 heteroatoms. The molecule has 1 aliphatic rings. The van der Waals surface area contributed by atoms with E-state index in [2.05, 4.69) is 82.3 Å². The van der Waals surface area contributed by atoms with Crippen molar-refractivity contribution in [2.45, 2.75) is 52.2 Å². The molecule has 0 amide bonds. The van der Waals surface area contributed by atoms with Crippen molar-refractivity contribution in [2.24, 2.45) is 4.99 Å². The van der Waals surface area contributed by atoms with Gasteiger partial charge in [0.1, 0.15) is 12.2 Å². The Bertz CT molecular complexity index is 812. The molecule has 1 atom stereocenters. The first-order valence-corrected chi connectivity index (χ1v) is 11.3. The summed E-state index contributed by atoms with van der Waals surface area (Å²) in [6.45, 7) is 14.5. The van der Waals surface area contributed by atoms with Gasteiger partial charge in [-0.25, -0.2) is 0 Å². The summed E-state index contributed by atoms with van der Waals surface area (Å²) in [6, 6.07) is 10.6. The van der Waals surface area contributed by atoms with Crippen molar-refractivity contribution >= 4 is 5.96 Å². The second-order valence-electron chi connectivity index (χ2n) is 8.57. The van der Waals surface area contributed by atoms with Crippen LogP contribution in [0.5, 0.6) is 0 Å². The number of benzene rings is 1. The van der Waals surface area contributed by atoms with Crippen molar-refractivity contribution in [3.63, 3.8) is 0 Å². The van der Waals surface area contributed by atoms with Crippen LogP contribution in [0, 0.1) is 0 Å². The van der Waals surface area contributed by atoms with Crippen LogP contribution in [-0.4, -0.2) is 70.6 Å². The number of nitrogens with zero attached hydrogens (tertiary/aromatic N) is 5. The second kappa shape index (κ2) is 11.2. The van der Waals surface area contributed by atoms with Gasteiger partial charge < -0.3 is 19.9 Å². The maximum Gasteiger partial charge on any atom is 0.191 e. The fourth-order valence-corrected chi connectivity index (χ4v) is 3.76. The van der Waals surface area contributed by atoms with Gasteiger partial charge in [-0.05, 0) is 26.3 Å². The number of hydrogen-bond acceptors (Lipinski definition) is 5. The van der Waals surface area contributed by atoms with Crippen molar-refractivity contribution < 1.29 is 4.74 Å². The van der Waals surface area contributed by atoms with Crippen LogP contribution in [0.25, 0.3) is 0 Å². The Morgan fingerprint density at radius 2 is 1.97 bits per heavy atom. The first-order chi connectivity index (χ1) is 15.0. The highest BCUT2D eigenvalue weighted by atomic mass is 16.5. The van der Waals surface area contributed by atoms with Gasteiger partial charge in [0.25, 0.3) is 0 Å². The molecule has 170 valence electrons. The zero-order chi connectivity index (χ0) is 22.1. The topological polar surface area (TPSA) is 79.6 Å². The molecule has 0 bridgehead atoms. The van der Waals surface area contributed by atoms with E-state index >= 15 is 0 Å². The molecular weight excluding hydrogens is 390 g/mol. The molecular formula is C23H37N7O. The van der Waals surface area contributed by atoms with Crippen LogP contribution in [-0.2, 0) is 17.7 Å². The average molecular weight is 428 g/mol. The summed E-state index contributed by atoms with van der Waals surface area (Å²) in [5.74, 6) is 1.82. The predicted octanol–water partition coefficient (Wildman–Crippen LogP) is 2.25.